The predicted octanol–water partition coefficient (Wildman–Crippen LogP) is 4.31. The van der Waals surface area contributed by atoms with Crippen LogP contribution in [0.2, 0.25) is 0 Å². The molecule has 1 amide bonds. The largest absolute Gasteiger partial charge is 0.457 e. The number of ketones is 1. The number of fused-ring (bicyclic) bond motifs is 3. The highest BCUT2D eigenvalue weighted by molar-refractivity contribution is 6.40. The molecule has 0 aliphatic heterocycles. The van der Waals surface area contributed by atoms with Crippen molar-refractivity contribution in [2.75, 3.05) is 40.0 Å². The molecule has 0 atom stereocenters. The van der Waals surface area contributed by atoms with Gasteiger partial charge in [0.2, 0.25) is 0 Å². The normalized spacial score (nSPS) is 11.9. The Labute approximate surface area is 204 Å². The van der Waals surface area contributed by atoms with E-state index >= 15 is 0 Å². The van der Waals surface area contributed by atoms with Gasteiger partial charge in [-0.05, 0) is 22.3 Å². The number of carbonyl (C=O) groups is 3. The van der Waals surface area contributed by atoms with Gasteiger partial charge in [-0.15, -0.1) is 0 Å². The second kappa shape index (κ2) is 11.4. The fourth-order valence-corrected chi connectivity index (χ4v) is 4.07. The lowest BCUT2D eigenvalue weighted by molar-refractivity contribution is -0.139. The molecule has 0 bridgehead atoms. The summed E-state index contributed by atoms with van der Waals surface area (Å²) >= 11 is 0. The Morgan fingerprint density at radius 3 is 2.00 bits per heavy atom. The lowest BCUT2D eigenvalue weighted by Gasteiger charge is -2.19. The van der Waals surface area contributed by atoms with Crippen LogP contribution in [0.5, 0.6) is 0 Å². The first-order valence-electron chi connectivity index (χ1n) is 11.5. The molecule has 0 N–H and O–H groups in total. The maximum atomic E-state index is 12.5. The molecule has 35 heavy (non-hydrogen) atoms. The standard InChI is InChI=1S/C28H27NO6/c1-29(15-16-33-17-18-34-27(31)26(30)20-9-3-2-4-10-20)28(32)35-19-25-23-13-7-5-11-21(23)22-12-6-8-14-24(22)25/h2-14,25H,15-19H2,1H3. The number of rotatable bonds is 10. The summed E-state index contributed by atoms with van der Waals surface area (Å²) in [6, 6.07) is 24.6. The molecule has 180 valence electrons. The molecular formula is C28H27NO6. The molecule has 3 aromatic carbocycles. The van der Waals surface area contributed by atoms with Crippen LogP contribution in [0.1, 0.15) is 27.4 Å². The second-order valence-corrected chi connectivity index (χ2v) is 8.17. The van der Waals surface area contributed by atoms with Gasteiger partial charge in [-0.1, -0.05) is 78.9 Å². The lowest BCUT2D eigenvalue weighted by atomic mass is 9.98. The minimum absolute atomic E-state index is 0.00396. The van der Waals surface area contributed by atoms with Crippen molar-refractivity contribution in [3.8, 4) is 11.1 Å². The first kappa shape index (κ1) is 24.2. The molecule has 1 aliphatic rings. The van der Waals surface area contributed by atoms with Crippen molar-refractivity contribution in [1.82, 2.24) is 4.90 Å². The third-order valence-corrected chi connectivity index (χ3v) is 5.90. The minimum atomic E-state index is -0.921. The fraction of sp³-hybridized carbons (Fsp3) is 0.250. The van der Waals surface area contributed by atoms with Gasteiger partial charge in [0.25, 0.3) is 5.78 Å². The third-order valence-electron chi connectivity index (χ3n) is 5.90. The van der Waals surface area contributed by atoms with Gasteiger partial charge in [0.05, 0.1) is 13.2 Å². The molecule has 7 nitrogen and oxygen atoms in total. The monoisotopic (exact) mass is 473 g/mol. The molecule has 0 radical (unpaired) electrons. The smallest absolute Gasteiger partial charge is 0.409 e. The number of nitrogens with zero attached hydrogens (tertiary/aromatic N) is 1. The summed E-state index contributed by atoms with van der Waals surface area (Å²) in [6.07, 6.45) is -0.435. The third kappa shape index (κ3) is 5.75. The Morgan fingerprint density at radius 1 is 0.743 bits per heavy atom. The molecule has 0 heterocycles. The van der Waals surface area contributed by atoms with Crippen LogP contribution in [-0.2, 0) is 19.0 Å². The topological polar surface area (TPSA) is 82.1 Å². The van der Waals surface area contributed by atoms with E-state index in [0.29, 0.717) is 6.54 Å². The molecule has 0 fully saturated rings. The number of hydrogen-bond acceptors (Lipinski definition) is 6. The zero-order chi connectivity index (χ0) is 24.6. The van der Waals surface area contributed by atoms with E-state index in [4.69, 9.17) is 14.2 Å². The van der Waals surface area contributed by atoms with Crippen LogP contribution >= 0.6 is 0 Å². The van der Waals surface area contributed by atoms with E-state index < -0.39 is 17.8 Å². The molecule has 0 saturated heterocycles. The van der Waals surface area contributed by atoms with Gasteiger partial charge in [0.1, 0.15) is 13.2 Å². The molecule has 0 unspecified atom stereocenters. The zero-order valence-electron chi connectivity index (χ0n) is 19.5. The van der Waals surface area contributed by atoms with E-state index in [2.05, 4.69) is 24.3 Å². The van der Waals surface area contributed by atoms with Crippen molar-refractivity contribution in [2.45, 2.75) is 5.92 Å². The number of Topliss-reactive ketones (excluding diaryl/α,β-unsaturated/α-hetero) is 1. The van der Waals surface area contributed by atoms with Crippen molar-refractivity contribution in [3.63, 3.8) is 0 Å². The van der Waals surface area contributed by atoms with Gasteiger partial charge in [-0.2, -0.15) is 0 Å². The Bertz CT molecular complexity index is 1150. The lowest BCUT2D eigenvalue weighted by Crippen LogP contribution is -2.32. The van der Waals surface area contributed by atoms with Gasteiger partial charge >= 0.3 is 12.1 Å². The maximum Gasteiger partial charge on any atom is 0.409 e. The minimum Gasteiger partial charge on any atom is -0.457 e. The number of ether oxygens (including phenoxy) is 3. The van der Waals surface area contributed by atoms with Crippen LogP contribution in [-0.4, -0.2) is 62.8 Å². The van der Waals surface area contributed by atoms with Gasteiger partial charge < -0.3 is 19.1 Å². The fourth-order valence-electron chi connectivity index (χ4n) is 4.07. The number of amides is 1. The number of esters is 1. The summed E-state index contributed by atoms with van der Waals surface area (Å²) in [6.45, 7) is 0.875. The van der Waals surface area contributed by atoms with Crippen LogP contribution in [0.4, 0.5) is 4.79 Å². The van der Waals surface area contributed by atoms with Crippen molar-refractivity contribution >= 4 is 17.8 Å². The average molecular weight is 474 g/mol. The van der Waals surface area contributed by atoms with Crippen molar-refractivity contribution < 1.29 is 28.6 Å². The van der Waals surface area contributed by atoms with Gasteiger partial charge in [0, 0.05) is 25.1 Å². The van der Waals surface area contributed by atoms with Crippen LogP contribution in [0.15, 0.2) is 78.9 Å². The Hall–Kier alpha value is -3.97. The Morgan fingerprint density at radius 2 is 1.34 bits per heavy atom. The van der Waals surface area contributed by atoms with Crippen molar-refractivity contribution in [3.05, 3.63) is 95.6 Å². The van der Waals surface area contributed by atoms with Crippen LogP contribution in [0, 0.1) is 0 Å². The maximum absolute atomic E-state index is 12.5. The quantitative estimate of drug-likeness (QED) is 0.189. The predicted molar refractivity (Wildman–Crippen MR) is 130 cm³/mol. The van der Waals surface area contributed by atoms with E-state index in [1.807, 2.05) is 24.3 Å². The first-order valence-corrected chi connectivity index (χ1v) is 11.5. The number of carbonyl (C=O) groups excluding carboxylic acids is 3. The Balaban J connectivity index is 1.16. The molecule has 0 spiro atoms. The molecule has 1 aliphatic carbocycles. The number of hydrogen-bond donors (Lipinski definition) is 0. The first-order chi connectivity index (χ1) is 17.1. The van der Waals surface area contributed by atoms with E-state index in [0.717, 1.165) is 11.1 Å². The van der Waals surface area contributed by atoms with Crippen molar-refractivity contribution in [2.24, 2.45) is 0 Å². The average Bonchev–Trinajstić information content (AvgIpc) is 3.22. The zero-order valence-corrected chi connectivity index (χ0v) is 19.5. The molecule has 0 saturated carbocycles. The highest BCUT2D eigenvalue weighted by Gasteiger charge is 2.29. The van der Waals surface area contributed by atoms with Gasteiger partial charge in [-0.25, -0.2) is 9.59 Å². The number of likely N-dealkylation sites (N-methyl/N-ethyl adjacent to an activating group) is 1. The summed E-state index contributed by atoms with van der Waals surface area (Å²) in [5.41, 5.74) is 4.96. The number of benzene rings is 3. The van der Waals surface area contributed by atoms with Gasteiger partial charge in [-0.3, -0.25) is 4.79 Å². The van der Waals surface area contributed by atoms with Crippen molar-refractivity contribution in [1.29, 1.82) is 0 Å². The van der Waals surface area contributed by atoms with E-state index in [9.17, 15) is 14.4 Å². The van der Waals surface area contributed by atoms with E-state index in [-0.39, 0.29) is 37.9 Å². The molecular weight excluding hydrogens is 446 g/mol. The Kier molecular flexibility index (Phi) is 7.90. The van der Waals surface area contributed by atoms with Crippen LogP contribution < -0.4 is 0 Å². The van der Waals surface area contributed by atoms with E-state index in [1.54, 1.807) is 37.4 Å². The SMILES string of the molecule is CN(CCOCCOC(=O)C(=O)c1ccccc1)C(=O)OCC1c2ccccc2-c2ccccc21. The molecule has 4 rings (SSSR count). The van der Waals surface area contributed by atoms with Crippen LogP contribution in [0.25, 0.3) is 11.1 Å². The molecule has 7 heteroatoms. The van der Waals surface area contributed by atoms with Gasteiger partial charge in [0.15, 0.2) is 0 Å². The molecule has 0 aromatic heterocycles. The molecule has 3 aromatic rings. The summed E-state index contributed by atoms with van der Waals surface area (Å²) in [7, 11) is 1.64. The summed E-state index contributed by atoms with van der Waals surface area (Å²) < 4.78 is 16.0. The highest BCUT2D eigenvalue weighted by Crippen LogP contribution is 2.44. The summed E-state index contributed by atoms with van der Waals surface area (Å²) in [5.74, 6) is -1.61. The van der Waals surface area contributed by atoms with E-state index in [1.165, 1.54) is 16.0 Å². The van der Waals surface area contributed by atoms with Crippen LogP contribution in [0.3, 0.4) is 0 Å². The highest BCUT2D eigenvalue weighted by atomic mass is 16.6. The summed E-state index contributed by atoms with van der Waals surface area (Å²) in [5, 5.41) is 0. The second-order valence-electron chi connectivity index (χ2n) is 8.17. The summed E-state index contributed by atoms with van der Waals surface area (Å²) in [4.78, 5) is 37.7.